The Morgan fingerprint density at radius 3 is 2.86 bits per heavy atom. The molecule has 2 N–H and O–H groups in total. The number of hydroxylamine groups is 1. The Balaban J connectivity index is 2.16. The van der Waals surface area contributed by atoms with E-state index in [-0.39, 0.29) is 6.04 Å². The van der Waals surface area contributed by atoms with E-state index in [4.69, 9.17) is 5.21 Å². The molecule has 2 aliphatic carbocycles. The average molecular weight is 193 g/mol. The maximum Gasteiger partial charge on any atom is 0.0683 e. The average Bonchev–Trinajstić information content (AvgIpc) is 2.23. The minimum atomic E-state index is 0.0295. The topological polar surface area (TPSA) is 32.3 Å². The molecule has 78 valence electrons. The van der Waals surface area contributed by atoms with Gasteiger partial charge < -0.3 is 5.21 Å². The van der Waals surface area contributed by atoms with Crippen molar-refractivity contribution in [3.8, 4) is 0 Å². The maximum absolute atomic E-state index is 8.85. The number of nitrogens with one attached hydrogen (secondary N) is 1. The lowest BCUT2D eigenvalue weighted by atomic mass is 9.69. The Bertz CT molecular complexity index is 269. The van der Waals surface area contributed by atoms with E-state index in [0.717, 1.165) is 11.8 Å². The summed E-state index contributed by atoms with van der Waals surface area (Å²) in [4.78, 5) is 0. The van der Waals surface area contributed by atoms with Gasteiger partial charge in [-0.15, -0.1) is 0 Å². The molecule has 1 saturated carbocycles. The van der Waals surface area contributed by atoms with Crippen molar-refractivity contribution in [2.24, 2.45) is 17.8 Å². The Labute approximate surface area is 85.7 Å². The van der Waals surface area contributed by atoms with E-state index in [0.29, 0.717) is 5.92 Å². The molecule has 1 fully saturated rings. The van der Waals surface area contributed by atoms with Crippen molar-refractivity contribution < 1.29 is 5.21 Å². The third-order valence-electron chi connectivity index (χ3n) is 3.85. The summed E-state index contributed by atoms with van der Waals surface area (Å²) in [6.45, 7) is 4.67. The summed E-state index contributed by atoms with van der Waals surface area (Å²) >= 11 is 0. The van der Waals surface area contributed by atoms with Gasteiger partial charge in [-0.2, -0.15) is 5.48 Å². The van der Waals surface area contributed by atoms with Gasteiger partial charge in [-0.3, -0.25) is 0 Å². The van der Waals surface area contributed by atoms with Crippen LogP contribution in [-0.4, -0.2) is 11.2 Å². The van der Waals surface area contributed by atoms with Gasteiger partial charge in [0.1, 0.15) is 0 Å². The highest BCUT2D eigenvalue weighted by atomic mass is 16.5. The van der Waals surface area contributed by atoms with Gasteiger partial charge in [0.25, 0.3) is 0 Å². The molecule has 0 radical (unpaired) electrons. The molecule has 4 atom stereocenters. The van der Waals surface area contributed by atoms with Crippen LogP contribution in [0.25, 0.3) is 0 Å². The zero-order chi connectivity index (χ0) is 10.1. The highest BCUT2D eigenvalue weighted by Crippen LogP contribution is 2.40. The number of hydrogen-bond donors (Lipinski definition) is 2. The fourth-order valence-corrected chi connectivity index (χ4v) is 2.61. The summed E-state index contributed by atoms with van der Waals surface area (Å²) in [6, 6.07) is 0.0295. The molecule has 0 aromatic rings. The fourth-order valence-electron chi connectivity index (χ4n) is 2.61. The van der Waals surface area contributed by atoms with Crippen LogP contribution in [0, 0.1) is 17.8 Å². The number of fused-ring (bicyclic) bond motifs is 1. The number of rotatable bonds is 1. The first kappa shape index (κ1) is 9.94. The van der Waals surface area contributed by atoms with Crippen molar-refractivity contribution in [1.29, 1.82) is 0 Å². The second kappa shape index (κ2) is 3.87. The lowest BCUT2D eigenvalue weighted by molar-refractivity contribution is 0.155. The standard InChI is InChI=1S/C12H19NO/c1-8-3-4-10-7-11(13-14)5-6-12(10)9(8)2/h5-9,11-14H,3-4H2,1-2H3. The Hall–Kier alpha value is -0.600. The van der Waals surface area contributed by atoms with Crippen molar-refractivity contribution >= 4 is 0 Å². The summed E-state index contributed by atoms with van der Waals surface area (Å²) in [5, 5.41) is 8.85. The van der Waals surface area contributed by atoms with Crippen LogP contribution in [0.2, 0.25) is 0 Å². The lowest BCUT2D eigenvalue weighted by Gasteiger charge is -2.37. The molecular formula is C12H19NO. The smallest absolute Gasteiger partial charge is 0.0683 e. The van der Waals surface area contributed by atoms with Crippen LogP contribution >= 0.6 is 0 Å². The van der Waals surface area contributed by atoms with Gasteiger partial charge in [0.15, 0.2) is 0 Å². The molecule has 0 bridgehead atoms. The second-order valence-electron chi connectivity index (χ2n) is 4.68. The van der Waals surface area contributed by atoms with Gasteiger partial charge in [-0.1, -0.05) is 37.6 Å². The van der Waals surface area contributed by atoms with E-state index < -0.39 is 0 Å². The maximum atomic E-state index is 8.85. The molecule has 14 heavy (non-hydrogen) atoms. The fraction of sp³-hybridized carbons (Fsp3) is 0.667. The third kappa shape index (κ3) is 1.64. The van der Waals surface area contributed by atoms with Gasteiger partial charge in [0, 0.05) is 5.92 Å². The van der Waals surface area contributed by atoms with Gasteiger partial charge in [0.05, 0.1) is 6.04 Å². The van der Waals surface area contributed by atoms with Crippen molar-refractivity contribution in [2.75, 3.05) is 0 Å². The molecule has 0 heterocycles. The third-order valence-corrected chi connectivity index (χ3v) is 3.85. The molecule has 0 spiro atoms. The minimum absolute atomic E-state index is 0.0295. The number of allylic oxidation sites excluding steroid dienone is 2. The zero-order valence-corrected chi connectivity index (χ0v) is 8.90. The molecule has 2 aliphatic rings. The predicted molar refractivity (Wildman–Crippen MR) is 57.0 cm³/mol. The van der Waals surface area contributed by atoms with Crippen molar-refractivity contribution in [2.45, 2.75) is 32.7 Å². The molecule has 0 aliphatic heterocycles. The first-order valence-corrected chi connectivity index (χ1v) is 5.51. The van der Waals surface area contributed by atoms with Gasteiger partial charge in [-0.05, 0) is 24.7 Å². The first-order valence-electron chi connectivity index (χ1n) is 5.51. The summed E-state index contributed by atoms with van der Waals surface area (Å²) in [7, 11) is 0. The van der Waals surface area contributed by atoms with Crippen LogP contribution in [0.3, 0.4) is 0 Å². The van der Waals surface area contributed by atoms with Gasteiger partial charge >= 0.3 is 0 Å². The van der Waals surface area contributed by atoms with Crippen LogP contribution in [0.1, 0.15) is 26.7 Å². The van der Waals surface area contributed by atoms with E-state index in [1.165, 1.54) is 18.4 Å². The van der Waals surface area contributed by atoms with Crippen LogP contribution in [0.15, 0.2) is 23.8 Å². The normalized spacial score (nSPS) is 41.8. The summed E-state index contributed by atoms with van der Waals surface area (Å²) in [5.74, 6) is 2.18. The van der Waals surface area contributed by atoms with Crippen LogP contribution < -0.4 is 5.48 Å². The van der Waals surface area contributed by atoms with Gasteiger partial charge in [0.2, 0.25) is 0 Å². The van der Waals surface area contributed by atoms with Crippen molar-refractivity contribution in [3.63, 3.8) is 0 Å². The predicted octanol–water partition coefficient (Wildman–Crippen LogP) is 2.51. The van der Waals surface area contributed by atoms with E-state index >= 15 is 0 Å². The Kier molecular flexibility index (Phi) is 2.75. The van der Waals surface area contributed by atoms with Crippen molar-refractivity contribution in [3.05, 3.63) is 23.8 Å². The summed E-state index contributed by atoms with van der Waals surface area (Å²) in [6.07, 6.45) is 8.97. The SMILES string of the molecule is CC1CCC2=CC(NO)C=CC2C1C. The van der Waals surface area contributed by atoms with Gasteiger partial charge in [-0.25, -0.2) is 0 Å². The molecule has 0 saturated heterocycles. The quantitative estimate of drug-likeness (QED) is 0.495. The van der Waals surface area contributed by atoms with E-state index in [1.807, 2.05) is 0 Å². The van der Waals surface area contributed by atoms with Crippen molar-refractivity contribution in [1.82, 2.24) is 5.48 Å². The van der Waals surface area contributed by atoms with E-state index in [2.05, 4.69) is 37.6 Å². The highest BCUT2D eigenvalue weighted by molar-refractivity contribution is 5.27. The molecule has 2 nitrogen and oxygen atoms in total. The lowest BCUT2D eigenvalue weighted by Crippen LogP contribution is -2.31. The minimum Gasteiger partial charge on any atom is -0.316 e. The molecule has 2 heteroatoms. The molecule has 0 aromatic carbocycles. The van der Waals surface area contributed by atoms with Crippen LogP contribution in [0.4, 0.5) is 0 Å². The molecule has 4 unspecified atom stereocenters. The highest BCUT2D eigenvalue weighted by Gasteiger charge is 2.30. The number of hydrogen-bond acceptors (Lipinski definition) is 2. The van der Waals surface area contributed by atoms with Crippen LogP contribution in [-0.2, 0) is 0 Å². The monoisotopic (exact) mass is 193 g/mol. The molecular weight excluding hydrogens is 174 g/mol. The van der Waals surface area contributed by atoms with Crippen LogP contribution in [0.5, 0.6) is 0 Å². The zero-order valence-electron chi connectivity index (χ0n) is 8.90. The molecule has 0 aromatic heterocycles. The molecule has 2 rings (SSSR count). The summed E-state index contributed by atoms with van der Waals surface area (Å²) in [5.41, 5.74) is 3.80. The summed E-state index contributed by atoms with van der Waals surface area (Å²) < 4.78 is 0. The Morgan fingerprint density at radius 2 is 2.14 bits per heavy atom. The second-order valence-corrected chi connectivity index (χ2v) is 4.68. The van der Waals surface area contributed by atoms with E-state index in [9.17, 15) is 0 Å². The first-order chi connectivity index (χ1) is 6.72. The van der Waals surface area contributed by atoms with E-state index in [1.54, 1.807) is 0 Å². The molecule has 0 amide bonds. The largest absolute Gasteiger partial charge is 0.316 e. The Morgan fingerprint density at radius 1 is 1.36 bits per heavy atom.